The highest BCUT2D eigenvalue weighted by Crippen LogP contribution is 2.46. The molecule has 12 N–H and O–H groups in total. The van der Waals surface area contributed by atoms with Crippen LogP contribution in [0.25, 0.3) is 12.2 Å². The highest BCUT2D eigenvalue weighted by molar-refractivity contribution is 5.87. The summed E-state index contributed by atoms with van der Waals surface area (Å²) in [4.78, 5) is 12.9. The molecule has 11 atom stereocenters. The highest BCUT2D eigenvalue weighted by atomic mass is 16.8. The number of ether oxygens (including phenoxy) is 6. The van der Waals surface area contributed by atoms with E-state index in [9.17, 15) is 61.0 Å². The van der Waals surface area contributed by atoms with Crippen LogP contribution in [0, 0.1) is 0 Å². The van der Waals surface area contributed by atoms with Crippen LogP contribution in [-0.4, -0.2) is 142 Å². The Bertz CT molecular complexity index is 1860. The van der Waals surface area contributed by atoms with Gasteiger partial charge in [-0.2, -0.15) is 0 Å². The van der Waals surface area contributed by atoms with Gasteiger partial charge in [-0.15, -0.1) is 0 Å². The Balaban J connectivity index is 1.32. The van der Waals surface area contributed by atoms with E-state index in [-0.39, 0.29) is 39.9 Å². The molecular weight excluding hydrogens is 720 g/mol. The zero-order valence-electron chi connectivity index (χ0n) is 28.0. The maximum atomic E-state index is 12.9. The lowest BCUT2D eigenvalue weighted by molar-refractivity contribution is -0.364. The Morgan fingerprint density at radius 2 is 1.37 bits per heavy atom. The largest absolute Gasteiger partial charge is 0.571 e. The van der Waals surface area contributed by atoms with E-state index in [1.165, 1.54) is 54.6 Å². The summed E-state index contributed by atoms with van der Waals surface area (Å²) >= 11 is 0. The van der Waals surface area contributed by atoms with Crippen molar-refractivity contribution in [3.63, 3.8) is 0 Å². The summed E-state index contributed by atoms with van der Waals surface area (Å²) in [5, 5.41) is 114. The SMILES string of the molecule is O=C(C=Cc1ccc(O)c(O)c1)OC1C(OC2C(OC3=Cc4c(O)cc(O)cc4[OH+]C3c3ccc(O)cc3)OC(CO)C(O)C2O)OC(CO)C(O)C1O. The zero-order chi connectivity index (χ0) is 38.8. The van der Waals surface area contributed by atoms with Gasteiger partial charge in [0.1, 0.15) is 59.4 Å². The van der Waals surface area contributed by atoms with E-state index in [0.29, 0.717) is 5.56 Å². The predicted molar refractivity (Wildman–Crippen MR) is 180 cm³/mol. The second-order valence-electron chi connectivity index (χ2n) is 12.7. The molecule has 11 unspecified atom stereocenters. The number of carbonyl (C=O) groups is 1. The molecule has 3 aliphatic rings. The number of aromatic hydroxyl groups is 6. The van der Waals surface area contributed by atoms with Crippen LogP contribution in [0.3, 0.4) is 0 Å². The lowest BCUT2D eigenvalue weighted by Crippen LogP contribution is -2.65. The molecular formula is C36H39O18+. The molecule has 0 radical (unpaired) electrons. The second-order valence-corrected chi connectivity index (χ2v) is 12.7. The number of benzene rings is 3. The summed E-state index contributed by atoms with van der Waals surface area (Å²) < 4.78 is 33.7. The summed E-state index contributed by atoms with van der Waals surface area (Å²) in [5.41, 5.74) is 0.834. The number of hydrogen-bond acceptors (Lipinski definition) is 17. The summed E-state index contributed by atoms with van der Waals surface area (Å²) in [6.45, 7) is -1.65. The molecule has 3 heterocycles. The van der Waals surface area contributed by atoms with Crippen molar-refractivity contribution in [3.05, 3.63) is 83.1 Å². The van der Waals surface area contributed by atoms with Crippen molar-refractivity contribution in [2.75, 3.05) is 13.2 Å². The smallest absolute Gasteiger partial charge is 0.331 e. The van der Waals surface area contributed by atoms with Gasteiger partial charge in [-0.25, -0.2) is 4.79 Å². The standard InChI is InChI=1S/C36H38O18/c37-13-25-29(46)31(48)34(35(51-25)50-24-12-19-21(42)10-18(40)11-23(19)49-32(24)16-3-5-17(39)6-4-16)54-36-33(30(47)28(45)26(14-38)52-36)53-27(44)8-2-15-1-7-20(41)22(43)9-15/h1-12,25-26,28-43,45-48H,13-14H2/p+1. The topological polar surface area (TPSA) is 299 Å². The number of fused-ring (bicyclic) bond motifs is 1. The number of esters is 1. The molecule has 18 heteroatoms. The summed E-state index contributed by atoms with van der Waals surface area (Å²) in [6, 6.07) is 11.9. The molecule has 0 saturated carbocycles. The Morgan fingerprint density at radius 3 is 2.02 bits per heavy atom. The van der Waals surface area contributed by atoms with Crippen LogP contribution in [0.5, 0.6) is 34.5 Å². The average Bonchev–Trinajstić information content (AvgIpc) is 3.14. The molecule has 3 aromatic carbocycles. The van der Waals surface area contributed by atoms with Gasteiger partial charge < -0.3 is 84.6 Å². The van der Waals surface area contributed by atoms with Crippen LogP contribution in [0.2, 0.25) is 0 Å². The van der Waals surface area contributed by atoms with Gasteiger partial charge >= 0.3 is 5.97 Å². The van der Waals surface area contributed by atoms with Crippen molar-refractivity contribution in [2.45, 2.75) is 67.5 Å². The molecule has 0 bridgehead atoms. The quantitative estimate of drug-likeness (QED) is 0.0535. The summed E-state index contributed by atoms with van der Waals surface area (Å²) in [7, 11) is 0. The van der Waals surface area contributed by atoms with E-state index in [0.717, 1.165) is 18.2 Å². The maximum Gasteiger partial charge on any atom is 0.331 e. The van der Waals surface area contributed by atoms with Gasteiger partial charge in [-0.3, -0.25) is 0 Å². The first-order valence-corrected chi connectivity index (χ1v) is 16.5. The lowest BCUT2D eigenvalue weighted by Gasteiger charge is -2.46. The van der Waals surface area contributed by atoms with Gasteiger partial charge in [-0.1, -0.05) is 6.07 Å². The number of aliphatic hydroxyl groups is 7. The van der Waals surface area contributed by atoms with Gasteiger partial charge in [-0.05, 0) is 48.0 Å². The van der Waals surface area contributed by atoms with E-state index in [2.05, 4.69) is 4.74 Å². The van der Waals surface area contributed by atoms with Crippen molar-refractivity contribution < 1.29 is 89.4 Å². The number of phenols is 5. The number of aliphatic hydroxyl groups excluding tert-OH is 6. The van der Waals surface area contributed by atoms with E-state index < -0.39 is 98.2 Å². The molecule has 2 saturated heterocycles. The molecule has 3 aliphatic heterocycles. The molecule has 0 amide bonds. The van der Waals surface area contributed by atoms with Crippen molar-refractivity contribution in [1.82, 2.24) is 0 Å². The van der Waals surface area contributed by atoms with E-state index in [1.807, 2.05) is 0 Å². The fourth-order valence-electron chi connectivity index (χ4n) is 6.14. The fourth-order valence-corrected chi connectivity index (χ4v) is 6.14. The average molecular weight is 760 g/mol. The van der Waals surface area contributed by atoms with Crippen molar-refractivity contribution in [1.29, 1.82) is 0 Å². The first kappa shape index (κ1) is 38.6. The maximum absolute atomic E-state index is 12.9. The van der Waals surface area contributed by atoms with Crippen molar-refractivity contribution in [3.8, 4) is 34.5 Å². The van der Waals surface area contributed by atoms with Crippen LogP contribution < -0.4 is 0 Å². The number of rotatable bonds is 10. The Kier molecular flexibility index (Phi) is 11.5. The van der Waals surface area contributed by atoms with Gasteiger partial charge in [0.05, 0.1) is 24.8 Å². The van der Waals surface area contributed by atoms with Crippen LogP contribution in [0.1, 0.15) is 22.8 Å². The fraction of sp³-hybridized carbons (Fsp3) is 0.361. The van der Waals surface area contributed by atoms with Crippen molar-refractivity contribution in [2.24, 2.45) is 0 Å². The number of phenolic OH excluding ortho intramolecular Hbond substituents is 5. The third-order valence-corrected chi connectivity index (χ3v) is 9.01. The van der Waals surface area contributed by atoms with E-state index >= 15 is 0 Å². The monoisotopic (exact) mass is 759 g/mol. The van der Waals surface area contributed by atoms with Crippen LogP contribution in [0.15, 0.2) is 66.4 Å². The summed E-state index contributed by atoms with van der Waals surface area (Å²) in [5.74, 6) is -2.57. The summed E-state index contributed by atoms with van der Waals surface area (Å²) in [6.07, 6.45) is -15.2. The van der Waals surface area contributed by atoms with Gasteiger partial charge in [0, 0.05) is 18.2 Å². The second kappa shape index (κ2) is 16.1. The van der Waals surface area contributed by atoms with E-state index in [4.69, 9.17) is 23.7 Å². The lowest BCUT2D eigenvalue weighted by atomic mass is 9.97. The normalized spacial score (nSPS) is 30.9. The van der Waals surface area contributed by atoms with Crippen LogP contribution in [-0.2, 0) is 28.5 Å². The molecule has 6 rings (SSSR count). The molecule has 0 aliphatic carbocycles. The Labute approximate surface area is 305 Å². The Morgan fingerprint density at radius 1 is 0.722 bits per heavy atom. The zero-order valence-corrected chi connectivity index (χ0v) is 28.0. The van der Waals surface area contributed by atoms with Crippen molar-refractivity contribution >= 4 is 18.1 Å². The van der Waals surface area contributed by atoms with Gasteiger partial charge in [0.2, 0.25) is 6.29 Å². The third-order valence-electron chi connectivity index (χ3n) is 9.01. The molecule has 2 fully saturated rings. The minimum absolute atomic E-state index is 0.0466. The van der Waals surface area contributed by atoms with Gasteiger partial charge in [0.25, 0.3) is 11.9 Å². The predicted octanol–water partition coefficient (Wildman–Crippen LogP) is -0.543. The molecule has 18 nitrogen and oxygen atoms in total. The molecule has 0 spiro atoms. The minimum Gasteiger partial charge on any atom is -0.571 e. The Hall–Kier alpha value is -5.15. The number of carbonyl (C=O) groups excluding carboxylic acids is 1. The molecule has 54 heavy (non-hydrogen) atoms. The molecule has 0 aromatic heterocycles. The van der Waals surface area contributed by atoms with Crippen LogP contribution in [0.4, 0.5) is 0 Å². The first-order valence-electron chi connectivity index (χ1n) is 16.5. The van der Waals surface area contributed by atoms with Gasteiger partial charge in [0.15, 0.2) is 35.8 Å². The first-order chi connectivity index (χ1) is 25.8. The number of hydrogen-bond donors (Lipinski definition) is 11. The highest BCUT2D eigenvalue weighted by Gasteiger charge is 2.53. The van der Waals surface area contributed by atoms with E-state index in [1.54, 1.807) is 0 Å². The third kappa shape index (κ3) is 8.02. The molecule has 3 aromatic rings. The molecule has 290 valence electrons. The minimum atomic E-state index is -1.94. The van der Waals surface area contributed by atoms with Crippen LogP contribution >= 0.6 is 0 Å².